The fourth-order valence-corrected chi connectivity index (χ4v) is 6.71. The van der Waals surface area contributed by atoms with E-state index in [1.54, 1.807) is 84.9 Å². The van der Waals surface area contributed by atoms with Crippen LogP contribution < -0.4 is 14.8 Å². The molecule has 3 aliphatic carbocycles. The van der Waals surface area contributed by atoms with E-state index in [2.05, 4.69) is 5.32 Å². The number of allylic oxidation sites excluding steroid dienone is 2. The maximum Gasteiger partial charge on any atom is 0.198 e. The topological polar surface area (TPSA) is 111 Å². The highest BCUT2D eigenvalue weighted by Crippen LogP contribution is 2.48. The summed E-state index contributed by atoms with van der Waals surface area (Å²) in [7, 11) is 0. The van der Waals surface area contributed by atoms with Crippen LogP contribution in [-0.2, 0) is 0 Å². The molecular formula is C40H22N2O6. The molecule has 1 atom stereocenters. The van der Waals surface area contributed by atoms with Gasteiger partial charge in [-0.2, -0.15) is 0 Å². The second-order valence-electron chi connectivity index (χ2n) is 11.7. The van der Waals surface area contributed by atoms with Crippen LogP contribution in [0.25, 0.3) is 0 Å². The third-order valence-electron chi connectivity index (χ3n) is 8.92. The minimum atomic E-state index is -0.703. The van der Waals surface area contributed by atoms with Gasteiger partial charge in [-0.1, -0.05) is 60.7 Å². The zero-order valence-corrected chi connectivity index (χ0v) is 25.0. The molecule has 0 saturated carbocycles. The van der Waals surface area contributed by atoms with Gasteiger partial charge in [0.25, 0.3) is 0 Å². The van der Waals surface area contributed by atoms with Crippen LogP contribution in [0.4, 0.5) is 11.4 Å². The summed E-state index contributed by atoms with van der Waals surface area (Å²) in [4.78, 5) is 60.6. The number of nitrogens with one attached hydrogen (secondary N) is 1. The van der Waals surface area contributed by atoms with Crippen LogP contribution in [0.2, 0.25) is 0 Å². The van der Waals surface area contributed by atoms with Gasteiger partial charge in [-0.05, 0) is 60.7 Å². The molecule has 48 heavy (non-hydrogen) atoms. The second-order valence-corrected chi connectivity index (χ2v) is 11.7. The summed E-state index contributed by atoms with van der Waals surface area (Å²) < 4.78 is 12.4. The first kappa shape index (κ1) is 27.6. The van der Waals surface area contributed by atoms with Crippen molar-refractivity contribution in [3.05, 3.63) is 166 Å². The Hall–Kier alpha value is -6.67. The Labute approximate surface area is 273 Å². The van der Waals surface area contributed by atoms with Gasteiger partial charge in [0, 0.05) is 33.4 Å². The molecule has 0 fully saturated rings. The standard InChI is InChI=1S/C40H22N2O6/c43-36-23-13-7-8-14-24(23)37(44)31-25(36)15-18-28-34(31)41-29-19-16-26-32(35(29)42-28)38(45)27-17-20-30(47-21-9-3-1-4-10-21)40(33(27)39(26)46)48-22-11-5-2-6-12-22/h1-20,34,41H. The SMILES string of the molecule is O=C1C2=C(C(=O)c3ccccc31)C1Nc3ccc4c(c3N=C1C=C2)C(=O)c1ccc(Oc2ccccc2)c(Oc2ccccc2)c1C4=O. The van der Waals surface area contributed by atoms with Gasteiger partial charge in [0.2, 0.25) is 0 Å². The van der Waals surface area contributed by atoms with Crippen LogP contribution >= 0.6 is 0 Å². The molecule has 1 heterocycles. The highest BCUT2D eigenvalue weighted by Gasteiger charge is 2.42. The van der Waals surface area contributed by atoms with Crippen LogP contribution in [0, 0.1) is 0 Å². The van der Waals surface area contributed by atoms with Crippen molar-refractivity contribution in [2.45, 2.75) is 6.04 Å². The number of nitrogens with zero attached hydrogens (tertiary/aromatic N) is 1. The number of Topliss-reactive ketones (excluding diaryl/α,β-unsaturated/α-hetero) is 2. The molecule has 9 rings (SSSR count). The molecule has 8 nitrogen and oxygen atoms in total. The predicted molar refractivity (Wildman–Crippen MR) is 179 cm³/mol. The van der Waals surface area contributed by atoms with Gasteiger partial charge in [-0.25, -0.2) is 4.99 Å². The summed E-state index contributed by atoms with van der Waals surface area (Å²) in [5, 5.41) is 3.35. The molecule has 0 amide bonds. The maximum absolute atomic E-state index is 14.4. The van der Waals surface area contributed by atoms with Gasteiger partial charge in [0.1, 0.15) is 11.5 Å². The van der Waals surface area contributed by atoms with Gasteiger partial charge >= 0.3 is 0 Å². The Morgan fingerprint density at radius 2 is 1.15 bits per heavy atom. The van der Waals surface area contributed by atoms with Crippen molar-refractivity contribution in [2.24, 2.45) is 4.99 Å². The molecule has 1 N–H and O–H groups in total. The molecular weight excluding hydrogens is 604 g/mol. The lowest BCUT2D eigenvalue weighted by molar-refractivity contribution is 0.0975. The molecule has 0 aromatic heterocycles. The molecule has 0 spiro atoms. The number of aliphatic imine (C=N–C) groups is 1. The molecule has 8 heteroatoms. The average Bonchev–Trinajstić information content (AvgIpc) is 3.12. The Bertz CT molecular complexity index is 2390. The van der Waals surface area contributed by atoms with Crippen LogP contribution in [0.1, 0.15) is 52.6 Å². The molecule has 1 aliphatic heterocycles. The van der Waals surface area contributed by atoms with Crippen molar-refractivity contribution in [1.29, 1.82) is 0 Å². The number of hydrogen-bond acceptors (Lipinski definition) is 8. The summed E-state index contributed by atoms with van der Waals surface area (Å²) >= 11 is 0. The number of fused-ring (bicyclic) bond motifs is 7. The van der Waals surface area contributed by atoms with Gasteiger partial charge in [-0.3, -0.25) is 19.2 Å². The number of carbonyl (C=O) groups is 4. The van der Waals surface area contributed by atoms with Crippen molar-refractivity contribution in [3.63, 3.8) is 0 Å². The van der Waals surface area contributed by atoms with E-state index in [0.29, 0.717) is 50.9 Å². The Balaban J connectivity index is 1.15. The first-order chi connectivity index (χ1) is 23.5. The summed E-state index contributed by atoms with van der Waals surface area (Å²) in [5.74, 6) is 0.121. The van der Waals surface area contributed by atoms with E-state index in [0.717, 1.165) is 0 Å². The molecule has 5 aromatic carbocycles. The van der Waals surface area contributed by atoms with Crippen molar-refractivity contribution in [1.82, 2.24) is 0 Å². The highest BCUT2D eigenvalue weighted by atomic mass is 16.5. The fourth-order valence-electron chi connectivity index (χ4n) is 6.71. The third kappa shape index (κ3) is 4.06. The fraction of sp³-hybridized carbons (Fsp3) is 0.0250. The Morgan fingerprint density at radius 3 is 1.88 bits per heavy atom. The minimum Gasteiger partial charge on any atom is -0.453 e. The quantitative estimate of drug-likeness (QED) is 0.212. The summed E-state index contributed by atoms with van der Waals surface area (Å²) in [6, 6.07) is 30.6. The van der Waals surface area contributed by atoms with Crippen LogP contribution in [0.3, 0.4) is 0 Å². The van der Waals surface area contributed by atoms with Gasteiger partial charge in [0.15, 0.2) is 34.6 Å². The van der Waals surface area contributed by atoms with Crippen molar-refractivity contribution in [2.75, 3.05) is 5.32 Å². The van der Waals surface area contributed by atoms with E-state index in [-0.39, 0.29) is 45.3 Å². The van der Waals surface area contributed by atoms with E-state index >= 15 is 0 Å². The Morgan fingerprint density at radius 1 is 0.542 bits per heavy atom. The Kier molecular flexibility index (Phi) is 6.00. The lowest BCUT2D eigenvalue weighted by Gasteiger charge is -2.34. The number of rotatable bonds is 4. The second kappa shape index (κ2) is 10.4. The third-order valence-corrected chi connectivity index (χ3v) is 8.92. The van der Waals surface area contributed by atoms with Crippen molar-refractivity contribution >= 4 is 40.2 Å². The van der Waals surface area contributed by atoms with Crippen molar-refractivity contribution < 1.29 is 28.7 Å². The maximum atomic E-state index is 14.4. The smallest absolute Gasteiger partial charge is 0.198 e. The predicted octanol–water partition coefficient (Wildman–Crippen LogP) is 7.86. The van der Waals surface area contributed by atoms with E-state index in [1.165, 1.54) is 0 Å². The summed E-state index contributed by atoms with van der Waals surface area (Å²) in [6.45, 7) is 0. The van der Waals surface area contributed by atoms with Crippen LogP contribution in [0.5, 0.6) is 23.0 Å². The molecule has 1 unspecified atom stereocenters. The average molecular weight is 627 g/mol. The lowest BCUT2D eigenvalue weighted by atomic mass is 9.76. The summed E-state index contributed by atoms with van der Waals surface area (Å²) in [6.07, 6.45) is 3.28. The minimum absolute atomic E-state index is 0.0939. The number of benzene rings is 5. The number of carbonyl (C=O) groups excluding carboxylic acids is 4. The number of hydrogen-bond donors (Lipinski definition) is 1. The van der Waals surface area contributed by atoms with Crippen LogP contribution in [0.15, 0.2) is 137 Å². The first-order valence-electron chi connectivity index (χ1n) is 15.3. The van der Waals surface area contributed by atoms with E-state index in [1.807, 2.05) is 36.4 Å². The first-order valence-corrected chi connectivity index (χ1v) is 15.3. The summed E-state index contributed by atoms with van der Waals surface area (Å²) in [5.41, 5.74) is 3.13. The largest absolute Gasteiger partial charge is 0.453 e. The molecule has 0 saturated heterocycles. The number of para-hydroxylation sites is 2. The lowest BCUT2D eigenvalue weighted by Crippen LogP contribution is -2.41. The number of ketones is 4. The van der Waals surface area contributed by atoms with E-state index in [4.69, 9.17) is 14.5 Å². The van der Waals surface area contributed by atoms with Gasteiger partial charge in [-0.15, -0.1) is 0 Å². The molecule has 5 aromatic rings. The van der Waals surface area contributed by atoms with Crippen molar-refractivity contribution in [3.8, 4) is 23.0 Å². The molecule has 0 bridgehead atoms. The monoisotopic (exact) mass is 626 g/mol. The highest BCUT2D eigenvalue weighted by molar-refractivity contribution is 6.34. The molecule has 4 aliphatic rings. The number of ether oxygens (including phenoxy) is 2. The number of anilines is 1. The molecule has 0 radical (unpaired) electrons. The van der Waals surface area contributed by atoms with E-state index in [9.17, 15) is 19.2 Å². The van der Waals surface area contributed by atoms with Gasteiger partial charge < -0.3 is 14.8 Å². The normalized spacial score (nSPS) is 16.8. The van der Waals surface area contributed by atoms with Crippen LogP contribution in [-0.4, -0.2) is 34.9 Å². The zero-order valence-electron chi connectivity index (χ0n) is 25.0. The zero-order chi connectivity index (χ0) is 32.5. The molecule has 228 valence electrons. The van der Waals surface area contributed by atoms with Gasteiger partial charge in [0.05, 0.1) is 34.3 Å². The van der Waals surface area contributed by atoms with E-state index < -0.39 is 17.6 Å².